The molecule has 1 amide bonds. The molecule has 0 rings (SSSR count). The third-order valence-electron chi connectivity index (χ3n) is 12.4. The van der Waals surface area contributed by atoms with Crippen molar-refractivity contribution in [2.24, 2.45) is 0 Å². The van der Waals surface area contributed by atoms with Gasteiger partial charge in [-0.1, -0.05) is 220 Å². The van der Waals surface area contributed by atoms with Gasteiger partial charge in [0.25, 0.3) is 7.82 Å². The summed E-state index contributed by atoms with van der Waals surface area (Å²) >= 11 is 0. The van der Waals surface area contributed by atoms with Gasteiger partial charge in [-0.15, -0.1) is 0 Å². The van der Waals surface area contributed by atoms with Gasteiger partial charge in [-0.3, -0.25) is 14.2 Å². The fourth-order valence-electron chi connectivity index (χ4n) is 7.91. The Morgan fingerprint density at radius 2 is 0.865 bits per heavy atom. The SMILES string of the molecule is CC/C=C\C/C=C\C/C=C\C/C=C\C/C=C\C/C=C\CCCCC(=O)OC(/C=C\CCCCCCCCCCCCC)C(COP(=O)([O-])OCC[N+](C)(C)C)NC(=O)CCCCCCCCC/C=C/C/C=C/CC. The summed E-state index contributed by atoms with van der Waals surface area (Å²) in [6.45, 7) is 6.57. The third kappa shape index (κ3) is 53.5. The molecule has 0 aliphatic rings. The fourth-order valence-corrected chi connectivity index (χ4v) is 8.64. The van der Waals surface area contributed by atoms with Crippen LogP contribution < -0.4 is 10.2 Å². The maximum Gasteiger partial charge on any atom is 0.306 e. The first kappa shape index (κ1) is 70.7. The minimum absolute atomic E-state index is 0.0366. The molecule has 10 heteroatoms. The molecule has 0 aliphatic heterocycles. The lowest BCUT2D eigenvalue weighted by atomic mass is 10.0. The molecule has 0 fully saturated rings. The van der Waals surface area contributed by atoms with Gasteiger partial charge in [0, 0.05) is 12.8 Å². The van der Waals surface area contributed by atoms with Crippen LogP contribution in [0.5, 0.6) is 0 Å². The lowest BCUT2D eigenvalue weighted by molar-refractivity contribution is -0.870. The second-order valence-electron chi connectivity index (χ2n) is 20.7. The number of nitrogens with one attached hydrogen (secondary N) is 1. The molecule has 74 heavy (non-hydrogen) atoms. The monoisotopic (exact) mass is 1050 g/mol. The van der Waals surface area contributed by atoms with E-state index >= 15 is 0 Å². The lowest BCUT2D eigenvalue weighted by Crippen LogP contribution is -2.47. The minimum Gasteiger partial charge on any atom is -0.756 e. The largest absolute Gasteiger partial charge is 0.756 e. The Morgan fingerprint density at radius 3 is 1.31 bits per heavy atom. The van der Waals surface area contributed by atoms with E-state index in [-0.39, 0.29) is 24.9 Å². The van der Waals surface area contributed by atoms with Gasteiger partial charge in [0.1, 0.15) is 19.3 Å². The second-order valence-corrected chi connectivity index (χ2v) is 22.1. The van der Waals surface area contributed by atoms with Crippen molar-refractivity contribution in [2.45, 2.75) is 245 Å². The van der Waals surface area contributed by atoms with E-state index < -0.39 is 26.6 Å². The molecule has 1 N–H and O–H groups in total. The third-order valence-corrected chi connectivity index (χ3v) is 13.4. The summed E-state index contributed by atoms with van der Waals surface area (Å²) in [7, 11) is 1.14. The number of nitrogens with zero attached hydrogens (tertiary/aromatic N) is 1. The van der Waals surface area contributed by atoms with Crippen molar-refractivity contribution in [1.82, 2.24) is 5.32 Å². The molecule has 0 saturated heterocycles. The molecule has 0 aromatic heterocycles. The van der Waals surface area contributed by atoms with E-state index in [0.717, 1.165) is 116 Å². The number of ether oxygens (including phenoxy) is 1. The van der Waals surface area contributed by atoms with E-state index in [1.54, 1.807) is 0 Å². The molecule has 0 spiro atoms. The van der Waals surface area contributed by atoms with E-state index in [9.17, 15) is 19.0 Å². The molecule has 3 unspecified atom stereocenters. The van der Waals surface area contributed by atoms with Crippen LogP contribution in [0.3, 0.4) is 0 Å². The molecule has 0 heterocycles. The predicted molar refractivity (Wildman–Crippen MR) is 316 cm³/mol. The average Bonchev–Trinajstić information content (AvgIpc) is 3.36. The molecule has 0 bridgehead atoms. The summed E-state index contributed by atoms with van der Waals surface area (Å²) in [6, 6.07) is -0.917. The number of carbonyl (C=O) groups is 2. The first-order valence-corrected chi connectivity index (χ1v) is 31.2. The Bertz CT molecular complexity index is 1640. The summed E-state index contributed by atoms with van der Waals surface area (Å²) < 4.78 is 30.2. The van der Waals surface area contributed by atoms with Crippen molar-refractivity contribution in [2.75, 3.05) is 40.9 Å². The summed E-state index contributed by atoms with van der Waals surface area (Å²) in [6.07, 6.45) is 72.0. The van der Waals surface area contributed by atoms with E-state index in [1.807, 2.05) is 33.3 Å². The standard InChI is InChI=1S/C64H111N2O7P/c1-7-10-13-16-19-22-25-28-30-31-32-33-34-35-36-39-42-45-48-51-54-57-64(68)73-62(55-52-49-46-43-40-37-27-24-21-18-15-12-9-3)61(60-72-74(69,70)71-59-58-66(4,5)6)65-63(67)56-53-50-47-44-41-38-29-26-23-20-17-14-11-8-2/h10-11,13-14,19-20,22-23,28,30,32-33,35-36,42,45,52,55,61-62H,7-9,12,15-18,21,24-27,29,31,34,37-41,43-44,46-51,53-54,56-60H2,1-6H3,(H-,65,67,69,70)/b13-10-,14-11+,22-19-,23-20+,30-28-,33-32-,36-35-,45-42-,55-52-. The highest BCUT2D eigenvalue weighted by Gasteiger charge is 2.27. The Labute approximate surface area is 455 Å². The molecule has 0 aliphatic carbocycles. The van der Waals surface area contributed by atoms with E-state index in [4.69, 9.17) is 13.8 Å². The summed E-state index contributed by atoms with van der Waals surface area (Å²) in [4.78, 5) is 39.9. The van der Waals surface area contributed by atoms with Gasteiger partial charge in [0.2, 0.25) is 5.91 Å². The zero-order valence-electron chi connectivity index (χ0n) is 48.3. The zero-order valence-corrected chi connectivity index (χ0v) is 49.1. The number of unbranched alkanes of at least 4 members (excludes halogenated alkanes) is 20. The van der Waals surface area contributed by atoms with Crippen molar-refractivity contribution in [3.63, 3.8) is 0 Å². The minimum atomic E-state index is -4.71. The Balaban J connectivity index is 5.42. The Morgan fingerprint density at radius 1 is 0.486 bits per heavy atom. The number of phosphoric acid groups is 1. The van der Waals surface area contributed by atoms with E-state index in [0.29, 0.717) is 23.9 Å². The molecule has 424 valence electrons. The highest BCUT2D eigenvalue weighted by Crippen LogP contribution is 2.38. The summed E-state index contributed by atoms with van der Waals surface area (Å²) in [5, 5.41) is 3.00. The zero-order chi connectivity index (χ0) is 54.3. The molecule has 0 saturated carbocycles. The molecular formula is C64H111N2O7P. The molecule has 3 atom stereocenters. The lowest BCUT2D eigenvalue weighted by Gasteiger charge is -2.30. The molecule has 0 aromatic carbocycles. The van der Waals surface area contributed by atoms with Crippen LogP contribution in [-0.2, 0) is 27.9 Å². The van der Waals surface area contributed by atoms with Crippen molar-refractivity contribution in [3.8, 4) is 0 Å². The van der Waals surface area contributed by atoms with E-state index in [1.165, 1.54) is 77.0 Å². The van der Waals surface area contributed by atoms with Crippen molar-refractivity contribution >= 4 is 19.7 Å². The summed E-state index contributed by atoms with van der Waals surface area (Å²) in [5.41, 5.74) is 0. The number of amides is 1. The highest BCUT2D eigenvalue weighted by atomic mass is 31.2. The molecule has 0 radical (unpaired) electrons. The van der Waals surface area contributed by atoms with Gasteiger partial charge in [-0.05, 0) is 109 Å². The van der Waals surface area contributed by atoms with Gasteiger partial charge < -0.3 is 28.5 Å². The number of quaternary nitrogens is 1. The number of carbonyl (C=O) groups excluding carboxylic acids is 2. The maximum atomic E-state index is 13.5. The predicted octanol–water partition coefficient (Wildman–Crippen LogP) is 17.5. The number of phosphoric ester groups is 1. The molecule has 9 nitrogen and oxygen atoms in total. The Kier molecular flexibility index (Phi) is 50.7. The number of rotatable bonds is 52. The number of hydrogen-bond acceptors (Lipinski definition) is 7. The number of likely N-dealkylation sites (N-methyl/N-ethyl adjacent to an activating group) is 1. The number of hydrogen-bond donors (Lipinski definition) is 1. The molecular weight excluding hydrogens is 940 g/mol. The van der Waals surface area contributed by atoms with Crippen molar-refractivity contribution in [1.29, 1.82) is 0 Å². The van der Waals surface area contributed by atoms with Gasteiger partial charge in [0.15, 0.2) is 0 Å². The topological polar surface area (TPSA) is 114 Å². The van der Waals surface area contributed by atoms with Crippen molar-refractivity contribution < 1.29 is 37.3 Å². The van der Waals surface area contributed by atoms with Crippen LogP contribution in [0.2, 0.25) is 0 Å². The number of esters is 1. The van der Waals surface area contributed by atoms with Crippen LogP contribution in [0.4, 0.5) is 0 Å². The van der Waals surface area contributed by atoms with Gasteiger partial charge >= 0.3 is 5.97 Å². The smallest absolute Gasteiger partial charge is 0.306 e. The number of allylic oxidation sites excluding steroid dienone is 17. The summed E-state index contributed by atoms with van der Waals surface area (Å²) in [5.74, 6) is -0.608. The normalized spacial score (nSPS) is 14.5. The van der Waals surface area contributed by atoms with Gasteiger partial charge in [-0.2, -0.15) is 0 Å². The Hall–Kier alpha value is -3.33. The quantitative estimate of drug-likeness (QED) is 0.0212. The second kappa shape index (κ2) is 53.1. The van der Waals surface area contributed by atoms with Gasteiger partial charge in [-0.25, -0.2) is 0 Å². The maximum absolute atomic E-state index is 13.5. The fraction of sp³-hybridized carbons (Fsp3) is 0.688. The van der Waals surface area contributed by atoms with Crippen molar-refractivity contribution in [3.05, 3.63) is 109 Å². The van der Waals surface area contributed by atoms with Crippen LogP contribution >= 0.6 is 7.82 Å². The van der Waals surface area contributed by atoms with Crippen LogP contribution in [0.1, 0.15) is 233 Å². The van der Waals surface area contributed by atoms with Crippen LogP contribution in [0.25, 0.3) is 0 Å². The van der Waals surface area contributed by atoms with Crippen LogP contribution in [0.15, 0.2) is 109 Å². The molecule has 0 aromatic rings. The highest BCUT2D eigenvalue weighted by molar-refractivity contribution is 7.45. The van der Waals surface area contributed by atoms with Crippen LogP contribution in [0, 0.1) is 0 Å². The first-order valence-electron chi connectivity index (χ1n) is 29.7. The van der Waals surface area contributed by atoms with E-state index in [2.05, 4.69) is 123 Å². The van der Waals surface area contributed by atoms with Gasteiger partial charge in [0.05, 0.1) is 33.8 Å². The average molecular weight is 1050 g/mol. The first-order chi connectivity index (χ1) is 35.9. The van der Waals surface area contributed by atoms with Crippen LogP contribution in [-0.4, -0.2) is 69.4 Å².